The molecule has 4 heteroatoms. The molecule has 2 aromatic carbocycles. The lowest BCUT2D eigenvalue weighted by Crippen LogP contribution is -2.61. The second-order valence-electron chi connectivity index (χ2n) is 5.28. The first-order chi connectivity index (χ1) is 10.8. The summed E-state index contributed by atoms with van der Waals surface area (Å²) in [7, 11) is 0. The van der Waals surface area contributed by atoms with E-state index in [1.54, 1.807) is 0 Å². The summed E-state index contributed by atoms with van der Waals surface area (Å²) in [5, 5.41) is 0.891. The number of carbonyl (C=O) groups excluding carboxylic acids is 1. The molecule has 0 aromatic heterocycles. The Morgan fingerprint density at radius 3 is 2.27 bits per heavy atom. The Morgan fingerprint density at radius 2 is 1.64 bits per heavy atom. The van der Waals surface area contributed by atoms with Gasteiger partial charge in [0.05, 0.1) is 0 Å². The number of benzene rings is 2. The minimum absolute atomic E-state index is 0.00652. The average Bonchev–Trinajstić information content (AvgIpc) is 2.58. The molecule has 0 spiro atoms. The van der Waals surface area contributed by atoms with E-state index in [0.717, 1.165) is 29.6 Å². The molecule has 1 saturated heterocycles. The van der Waals surface area contributed by atoms with E-state index < -0.39 is 6.10 Å². The van der Waals surface area contributed by atoms with Crippen LogP contribution in [-0.2, 0) is 4.79 Å². The molecule has 1 aliphatic rings. The van der Waals surface area contributed by atoms with E-state index in [9.17, 15) is 4.79 Å². The van der Waals surface area contributed by atoms with Gasteiger partial charge in [0, 0.05) is 11.9 Å². The molecule has 22 heavy (non-hydrogen) atoms. The maximum Gasteiger partial charge on any atom is 0.266 e. The predicted octanol–water partition coefficient (Wildman–Crippen LogP) is 3.80. The number of likely N-dealkylation sites (tertiary alicyclic amines) is 1. The molecule has 2 aromatic rings. The Kier molecular flexibility index (Phi) is 4.78. The summed E-state index contributed by atoms with van der Waals surface area (Å²) in [5.74, 6) is 0.806. The molecule has 114 valence electrons. The lowest BCUT2D eigenvalue weighted by Gasteiger charge is -2.46. The highest BCUT2D eigenvalue weighted by Crippen LogP contribution is 2.37. The lowest BCUT2D eigenvalue weighted by molar-refractivity contribution is -0.164. The maximum absolute atomic E-state index is 12.4. The average molecular weight is 360 g/mol. The van der Waals surface area contributed by atoms with Crippen molar-refractivity contribution in [2.45, 2.75) is 18.6 Å². The number of nitrogens with zero attached hydrogens (tertiary/aromatic N) is 1. The summed E-state index contributed by atoms with van der Waals surface area (Å²) in [5.41, 5.74) is 1.12. The maximum atomic E-state index is 12.4. The van der Waals surface area contributed by atoms with Crippen molar-refractivity contribution >= 4 is 21.8 Å². The van der Waals surface area contributed by atoms with Crippen LogP contribution in [-0.4, -0.2) is 28.8 Å². The van der Waals surface area contributed by atoms with E-state index in [1.165, 1.54) is 0 Å². The molecule has 1 aliphatic heterocycles. The smallest absolute Gasteiger partial charge is 0.266 e. The normalized spacial score (nSPS) is 20.6. The van der Waals surface area contributed by atoms with E-state index in [2.05, 4.69) is 28.1 Å². The third-order valence-electron chi connectivity index (χ3n) is 3.83. The van der Waals surface area contributed by atoms with Gasteiger partial charge in [0.25, 0.3) is 5.91 Å². The Labute approximate surface area is 139 Å². The monoisotopic (exact) mass is 359 g/mol. The molecule has 0 bridgehead atoms. The Balaban J connectivity index is 1.80. The van der Waals surface area contributed by atoms with E-state index in [4.69, 9.17) is 4.74 Å². The van der Waals surface area contributed by atoms with Crippen molar-refractivity contribution in [2.24, 2.45) is 0 Å². The van der Waals surface area contributed by atoms with Crippen LogP contribution in [0.3, 0.4) is 0 Å². The molecule has 0 unspecified atom stereocenters. The molecule has 1 fully saturated rings. The van der Waals surface area contributed by atoms with Crippen LogP contribution < -0.4 is 4.74 Å². The van der Waals surface area contributed by atoms with E-state index in [0.29, 0.717) is 0 Å². The van der Waals surface area contributed by atoms with E-state index >= 15 is 0 Å². The molecule has 0 aliphatic carbocycles. The highest BCUT2D eigenvalue weighted by molar-refractivity contribution is 9.09. The fourth-order valence-electron chi connectivity index (χ4n) is 2.76. The molecule has 0 N–H and O–H groups in total. The Morgan fingerprint density at radius 1 is 1.00 bits per heavy atom. The number of rotatable bonds is 6. The predicted molar refractivity (Wildman–Crippen MR) is 90.2 cm³/mol. The van der Waals surface area contributed by atoms with Crippen LogP contribution in [0.4, 0.5) is 0 Å². The van der Waals surface area contributed by atoms with Crippen molar-refractivity contribution in [1.82, 2.24) is 4.90 Å². The number of halogens is 1. The third-order valence-corrected chi connectivity index (χ3v) is 4.39. The van der Waals surface area contributed by atoms with Gasteiger partial charge in [-0.15, -0.1) is 0 Å². The number of carbonyl (C=O) groups is 1. The number of alkyl halides is 1. The van der Waals surface area contributed by atoms with Gasteiger partial charge in [-0.25, -0.2) is 0 Å². The number of hydrogen-bond acceptors (Lipinski definition) is 2. The molecule has 0 saturated carbocycles. The van der Waals surface area contributed by atoms with Crippen LogP contribution in [0.15, 0.2) is 60.7 Å². The highest BCUT2D eigenvalue weighted by atomic mass is 79.9. The zero-order valence-corrected chi connectivity index (χ0v) is 13.8. The third kappa shape index (κ3) is 3.02. The fraction of sp³-hybridized carbons (Fsp3) is 0.278. The summed E-state index contributed by atoms with van der Waals surface area (Å²) in [6, 6.07) is 19.6. The Bertz CT molecular complexity index is 617. The van der Waals surface area contributed by atoms with Crippen LogP contribution in [0, 0.1) is 0 Å². The SMILES string of the molecule is O=C1[C@@H](Oc2ccccc2)[C@@H](c2ccccc2)N1CCCBr. The standard InChI is InChI=1S/C18H18BrNO2/c19-12-7-13-20-16(14-8-3-1-4-9-14)17(18(20)21)22-15-10-5-2-6-11-15/h1-6,8-11,16-17H,7,12-13H2/t16-,17+/m1/s1. The first-order valence-electron chi connectivity index (χ1n) is 7.44. The van der Waals surface area contributed by atoms with Crippen molar-refractivity contribution in [3.8, 4) is 5.75 Å². The molecule has 3 nitrogen and oxygen atoms in total. The van der Waals surface area contributed by atoms with Crippen molar-refractivity contribution in [1.29, 1.82) is 0 Å². The van der Waals surface area contributed by atoms with Gasteiger partial charge >= 0.3 is 0 Å². The summed E-state index contributed by atoms with van der Waals surface area (Å²) in [4.78, 5) is 14.3. The van der Waals surface area contributed by atoms with Crippen LogP contribution in [0.1, 0.15) is 18.0 Å². The second-order valence-corrected chi connectivity index (χ2v) is 6.07. The first-order valence-corrected chi connectivity index (χ1v) is 8.56. The van der Waals surface area contributed by atoms with Crippen LogP contribution in [0.5, 0.6) is 5.75 Å². The first kappa shape index (κ1) is 15.1. The number of amides is 1. The molecule has 0 radical (unpaired) electrons. The van der Waals surface area contributed by atoms with Crippen LogP contribution in [0.2, 0.25) is 0 Å². The number of β-lactam (4-membered cyclic amide) rings is 1. The number of ether oxygens (including phenoxy) is 1. The lowest BCUT2D eigenvalue weighted by atomic mass is 9.90. The molecule has 3 rings (SSSR count). The molecular formula is C18H18BrNO2. The number of hydrogen-bond donors (Lipinski definition) is 0. The second kappa shape index (κ2) is 6.97. The molecule has 1 amide bonds. The Hall–Kier alpha value is -1.81. The zero-order valence-electron chi connectivity index (χ0n) is 12.2. The van der Waals surface area contributed by atoms with E-state index in [-0.39, 0.29) is 11.9 Å². The quantitative estimate of drug-likeness (QED) is 0.579. The molecule has 1 heterocycles. The fourth-order valence-corrected chi connectivity index (χ4v) is 3.01. The summed E-state index contributed by atoms with van der Waals surface area (Å²) in [6.45, 7) is 0.748. The topological polar surface area (TPSA) is 29.5 Å². The van der Waals surface area contributed by atoms with Gasteiger partial charge in [0.1, 0.15) is 11.8 Å². The van der Waals surface area contributed by atoms with E-state index in [1.807, 2.05) is 53.4 Å². The van der Waals surface area contributed by atoms with Crippen molar-refractivity contribution in [2.75, 3.05) is 11.9 Å². The molecule has 2 atom stereocenters. The van der Waals surface area contributed by atoms with Gasteiger partial charge in [0.2, 0.25) is 6.10 Å². The minimum Gasteiger partial charge on any atom is -0.478 e. The van der Waals surface area contributed by atoms with Gasteiger partial charge in [-0.2, -0.15) is 0 Å². The number of para-hydroxylation sites is 1. The summed E-state index contributed by atoms with van der Waals surface area (Å²) < 4.78 is 5.94. The van der Waals surface area contributed by atoms with Gasteiger partial charge in [-0.3, -0.25) is 4.79 Å². The summed E-state index contributed by atoms with van der Waals surface area (Å²) >= 11 is 3.43. The van der Waals surface area contributed by atoms with Crippen LogP contribution >= 0.6 is 15.9 Å². The van der Waals surface area contributed by atoms with Gasteiger partial charge in [-0.05, 0) is 24.1 Å². The zero-order chi connectivity index (χ0) is 15.4. The minimum atomic E-state index is -0.430. The highest BCUT2D eigenvalue weighted by Gasteiger charge is 2.49. The van der Waals surface area contributed by atoms with Crippen LogP contribution in [0.25, 0.3) is 0 Å². The molecular weight excluding hydrogens is 342 g/mol. The van der Waals surface area contributed by atoms with Gasteiger partial charge in [-0.1, -0.05) is 64.5 Å². The van der Waals surface area contributed by atoms with Crippen molar-refractivity contribution < 1.29 is 9.53 Å². The van der Waals surface area contributed by atoms with Crippen molar-refractivity contribution in [3.63, 3.8) is 0 Å². The van der Waals surface area contributed by atoms with Gasteiger partial charge in [0.15, 0.2) is 0 Å². The van der Waals surface area contributed by atoms with Crippen molar-refractivity contribution in [3.05, 3.63) is 66.2 Å². The van der Waals surface area contributed by atoms with Gasteiger partial charge < -0.3 is 9.64 Å². The summed E-state index contributed by atoms with van der Waals surface area (Å²) in [6.07, 6.45) is 0.507. The largest absolute Gasteiger partial charge is 0.478 e.